The van der Waals surface area contributed by atoms with Crippen LogP contribution in [-0.2, 0) is 28.4 Å². The van der Waals surface area contributed by atoms with E-state index >= 15 is 0 Å². The van der Waals surface area contributed by atoms with Crippen molar-refractivity contribution >= 4 is 38.4 Å². The molecule has 0 spiro atoms. The third kappa shape index (κ3) is 4.73. The lowest BCUT2D eigenvalue weighted by Crippen LogP contribution is -2.37. The van der Waals surface area contributed by atoms with Gasteiger partial charge in [0, 0.05) is 18.6 Å². The number of ketones is 1. The fraction of sp³-hybridized carbons (Fsp3) is 0.160. The van der Waals surface area contributed by atoms with Gasteiger partial charge in [-0.15, -0.1) is 0 Å². The van der Waals surface area contributed by atoms with Crippen LogP contribution in [0.1, 0.15) is 17.3 Å². The fourth-order valence-corrected chi connectivity index (χ4v) is 5.25. The van der Waals surface area contributed by atoms with E-state index in [-0.39, 0.29) is 17.3 Å². The second-order valence-corrected chi connectivity index (χ2v) is 10.1. The number of aryl methyl sites for hydroxylation is 1. The Balaban J connectivity index is 1.69. The molecule has 0 radical (unpaired) electrons. The number of benzene rings is 3. The van der Waals surface area contributed by atoms with Gasteiger partial charge in [0.25, 0.3) is 0 Å². The number of halogens is 1. The lowest BCUT2D eigenvalue weighted by atomic mass is 10.0. The predicted octanol–water partition coefficient (Wildman–Crippen LogP) is 4.29. The molecule has 4 aromatic rings. The second-order valence-electron chi connectivity index (χ2n) is 7.76. The molecular formula is C25H21ClN4O3S. The third-order valence-electron chi connectivity index (χ3n) is 5.52. The average molecular weight is 493 g/mol. The number of carbonyl (C=O) groups is 1. The summed E-state index contributed by atoms with van der Waals surface area (Å²) in [7, 11) is -2.32. The van der Waals surface area contributed by atoms with E-state index in [0.717, 1.165) is 9.82 Å². The van der Waals surface area contributed by atoms with E-state index in [1.165, 1.54) is 24.3 Å². The highest BCUT2D eigenvalue weighted by molar-refractivity contribution is 7.89. The van der Waals surface area contributed by atoms with Gasteiger partial charge >= 0.3 is 0 Å². The van der Waals surface area contributed by atoms with Crippen LogP contribution in [0.5, 0.6) is 0 Å². The van der Waals surface area contributed by atoms with Crippen LogP contribution in [0.25, 0.3) is 11.0 Å². The summed E-state index contributed by atoms with van der Waals surface area (Å²) in [6.45, 7) is -0.514. The van der Waals surface area contributed by atoms with E-state index in [4.69, 9.17) is 11.6 Å². The first-order valence-corrected chi connectivity index (χ1v) is 12.3. The van der Waals surface area contributed by atoms with Gasteiger partial charge in [-0.3, -0.25) is 4.79 Å². The summed E-state index contributed by atoms with van der Waals surface area (Å²) in [5.41, 5.74) is 2.15. The van der Waals surface area contributed by atoms with Crippen LogP contribution in [0.4, 0.5) is 0 Å². The van der Waals surface area contributed by atoms with Crippen molar-refractivity contribution in [1.29, 1.82) is 5.26 Å². The Labute approximate surface area is 202 Å². The highest BCUT2D eigenvalue weighted by atomic mass is 35.5. The number of Topliss-reactive ketones (excluding diaryl/α,β-unsaturated/α-hetero) is 1. The predicted molar refractivity (Wildman–Crippen MR) is 130 cm³/mol. The number of nitriles is 1. The first-order valence-electron chi connectivity index (χ1n) is 10.4. The van der Waals surface area contributed by atoms with E-state index in [1.807, 2.05) is 30.3 Å². The maximum Gasteiger partial charge on any atom is 0.243 e. The summed E-state index contributed by atoms with van der Waals surface area (Å²) >= 11 is 5.92. The van der Waals surface area contributed by atoms with Crippen molar-refractivity contribution in [3.8, 4) is 6.07 Å². The largest absolute Gasteiger partial charge is 0.330 e. The molecule has 0 aliphatic rings. The minimum atomic E-state index is -4.05. The van der Waals surface area contributed by atoms with Crippen LogP contribution < -0.4 is 0 Å². The van der Waals surface area contributed by atoms with Crippen LogP contribution in [0.3, 0.4) is 0 Å². The minimum absolute atomic E-state index is 0.0110. The summed E-state index contributed by atoms with van der Waals surface area (Å²) in [6.07, 6.45) is 0. The monoisotopic (exact) mass is 492 g/mol. The number of hydrogen-bond donors (Lipinski definition) is 0. The number of nitrogens with zero attached hydrogens (tertiary/aromatic N) is 4. The number of imidazole rings is 1. The average Bonchev–Trinajstić information content (AvgIpc) is 3.16. The van der Waals surface area contributed by atoms with Gasteiger partial charge in [0.05, 0.1) is 28.5 Å². The Morgan fingerprint density at radius 2 is 1.71 bits per heavy atom. The molecule has 172 valence electrons. The van der Waals surface area contributed by atoms with Crippen LogP contribution in [0.15, 0.2) is 83.8 Å². The summed E-state index contributed by atoms with van der Waals surface area (Å²) in [5, 5.41) is 10.2. The zero-order valence-corrected chi connectivity index (χ0v) is 19.9. The molecule has 4 rings (SSSR count). The van der Waals surface area contributed by atoms with Crippen molar-refractivity contribution in [3.05, 3.63) is 95.3 Å². The molecule has 3 aromatic carbocycles. The quantitative estimate of drug-likeness (QED) is 0.365. The molecule has 0 aliphatic carbocycles. The van der Waals surface area contributed by atoms with Gasteiger partial charge in [-0.05, 0) is 42.0 Å². The first-order chi connectivity index (χ1) is 16.3. The van der Waals surface area contributed by atoms with Crippen molar-refractivity contribution in [2.45, 2.75) is 17.4 Å². The molecule has 34 heavy (non-hydrogen) atoms. The topological polar surface area (TPSA) is 96.1 Å². The highest BCUT2D eigenvalue weighted by Gasteiger charge is 2.32. The van der Waals surface area contributed by atoms with Gasteiger partial charge in [-0.25, -0.2) is 13.4 Å². The molecule has 0 aliphatic heterocycles. The van der Waals surface area contributed by atoms with E-state index in [9.17, 15) is 18.5 Å². The van der Waals surface area contributed by atoms with Crippen LogP contribution in [-0.4, -0.2) is 34.6 Å². The number of sulfonamides is 1. The third-order valence-corrected chi connectivity index (χ3v) is 7.57. The Bertz CT molecular complexity index is 1480. The van der Waals surface area contributed by atoms with Crippen molar-refractivity contribution in [2.75, 3.05) is 6.54 Å². The number of rotatable bonds is 8. The van der Waals surface area contributed by atoms with E-state index in [1.54, 1.807) is 41.9 Å². The molecule has 0 saturated carbocycles. The molecule has 0 amide bonds. The zero-order chi connectivity index (χ0) is 24.3. The lowest BCUT2D eigenvalue weighted by molar-refractivity contribution is -0.119. The van der Waals surface area contributed by atoms with E-state index in [0.29, 0.717) is 16.1 Å². The molecule has 0 saturated heterocycles. The minimum Gasteiger partial charge on any atom is -0.330 e. The van der Waals surface area contributed by atoms with Crippen molar-refractivity contribution in [2.24, 2.45) is 7.05 Å². The molecule has 0 fully saturated rings. The van der Waals surface area contributed by atoms with E-state index < -0.39 is 28.3 Å². The Morgan fingerprint density at radius 1 is 1.06 bits per heavy atom. The molecule has 1 atom stereocenters. The highest BCUT2D eigenvalue weighted by Crippen LogP contribution is 2.25. The molecule has 9 heteroatoms. The molecule has 1 heterocycles. The molecule has 0 N–H and O–H groups in total. The standard InChI is InChI=1S/C25H21ClN4O3S/c1-29-23-10-6-5-9-22(23)28-25(29)21(15-27)24(31)17-30(16-18-7-3-2-4-8-18)34(32,33)20-13-11-19(26)12-14-20/h2-14,21H,16-17H2,1H3/t21-/m1/s1. The van der Waals surface area contributed by atoms with Crippen LogP contribution in [0.2, 0.25) is 5.02 Å². The van der Waals surface area contributed by atoms with Crippen molar-refractivity contribution in [3.63, 3.8) is 0 Å². The fourth-order valence-electron chi connectivity index (χ4n) is 3.73. The molecule has 0 bridgehead atoms. The van der Waals surface area contributed by atoms with Gasteiger partial charge in [-0.2, -0.15) is 9.57 Å². The number of para-hydroxylation sites is 2. The van der Waals surface area contributed by atoms with E-state index in [2.05, 4.69) is 4.98 Å². The summed E-state index contributed by atoms with van der Waals surface area (Å²) in [4.78, 5) is 17.8. The normalized spacial score (nSPS) is 12.5. The number of hydrogen-bond acceptors (Lipinski definition) is 5. The second kappa shape index (κ2) is 9.77. The number of carbonyl (C=O) groups excluding carboxylic acids is 1. The van der Waals surface area contributed by atoms with Gasteiger partial charge in [0.1, 0.15) is 5.82 Å². The van der Waals surface area contributed by atoms with Crippen molar-refractivity contribution < 1.29 is 13.2 Å². The van der Waals surface area contributed by atoms with Crippen molar-refractivity contribution in [1.82, 2.24) is 13.9 Å². The smallest absolute Gasteiger partial charge is 0.243 e. The molecule has 1 aromatic heterocycles. The Hall–Kier alpha value is -3.51. The van der Waals surface area contributed by atoms with Gasteiger partial charge in [-0.1, -0.05) is 54.1 Å². The van der Waals surface area contributed by atoms with Gasteiger partial charge < -0.3 is 4.57 Å². The van der Waals surface area contributed by atoms with Gasteiger partial charge in [0.2, 0.25) is 10.0 Å². The van der Waals surface area contributed by atoms with Gasteiger partial charge in [0.15, 0.2) is 11.7 Å². The van der Waals surface area contributed by atoms with Crippen LogP contribution in [0, 0.1) is 11.3 Å². The maximum absolute atomic E-state index is 13.5. The molecule has 0 unspecified atom stereocenters. The van der Waals surface area contributed by atoms with Crippen LogP contribution >= 0.6 is 11.6 Å². The number of aromatic nitrogens is 2. The SMILES string of the molecule is Cn1c([C@H](C#N)C(=O)CN(Cc2ccccc2)S(=O)(=O)c2ccc(Cl)cc2)nc2ccccc21. The maximum atomic E-state index is 13.5. The zero-order valence-electron chi connectivity index (χ0n) is 18.3. The summed E-state index contributed by atoms with van der Waals surface area (Å²) in [6, 6.07) is 24.0. The molecular weight excluding hydrogens is 472 g/mol. The number of fused-ring (bicyclic) bond motifs is 1. The summed E-state index contributed by atoms with van der Waals surface area (Å²) < 4.78 is 29.7. The Kier molecular flexibility index (Phi) is 6.80. The Morgan fingerprint density at radius 3 is 2.35 bits per heavy atom. The molecule has 7 nitrogen and oxygen atoms in total. The first kappa shape index (κ1) is 23.6. The summed E-state index contributed by atoms with van der Waals surface area (Å²) in [5.74, 6) is -1.51. The lowest BCUT2D eigenvalue weighted by Gasteiger charge is -2.23.